The van der Waals surface area contributed by atoms with Crippen molar-refractivity contribution in [1.82, 2.24) is 16.2 Å². The summed E-state index contributed by atoms with van der Waals surface area (Å²) in [5, 5.41) is 2.28. The van der Waals surface area contributed by atoms with Crippen LogP contribution in [0.4, 0.5) is 4.79 Å². The molecule has 0 aliphatic rings. The number of hydrazine groups is 1. The summed E-state index contributed by atoms with van der Waals surface area (Å²) in [4.78, 5) is 35.4. The van der Waals surface area contributed by atoms with Crippen LogP contribution in [0.15, 0.2) is 48.5 Å². The second-order valence-corrected chi connectivity index (χ2v) is 5.37. The van der Waals surface area contributed by atoms with Gasteiger partial charge in [0.1, 0.15) is 5.75 Å². The molecule has 0 fully saturated rings. The molecule has 0 aliphatic heterocycles. The van der Waals surface area contributed by atoms with Crippen molar-refractivity contribution < 1.29 is 19.1 Å². The first kappa shape index (κ1) is 18.3. The number of hydrogen-bond donors (Lipinski definition) is 3. The molecule has 0 aromatic heterocycles. The highest BCUT2D eigenvalue weighted by atomic mass is 35.5. The molecule has 0 aliphatic carbocycles. The average Bonchev–Trinajstić information content (AvgIpc) is 2.60. The van der Waals surface area contributed by atoms with Crippen LogP contribution in [-0.2, 0) is 11.2 Å². The number of carbonyl (C=O) groups is 3. The van der Waals surface area contributed by atoms with E-state index in [2.05, 4.69) is 16.2 Å². The van der Waals surface area contributed by atoms with Crippen molar-refractivity contribution in [3.05, 3.63) is 64.7 Å². The van der Waals surface area contributed by atoms with Gasteiger partial charge in [0.15, 0.2) is 0 Å². The van der Waals surface area contributed by atoms with Gasteiger partial charge in [-0.25, -0.2) is 10.2 Å². The molecule has 0 radical (unpaired) electrons. The SMILES string of the molecule is COc1cccc(CC(=O)NNC(=O)NC(=O)c2ccccc2Cl)c1. The molecule has 3 N–H and O–H groups in total. The Morgan fingerprint density at radius 3 is 2.52 bits per heavy atom. The minimum atomic E-state index is -0.871. The molecule has 8 heteroatoms. The first-order chi connectivity index (χ1) is 12.0. The van der Waals surface area contributed by atoms with Gasteiger partial charge in [-0.15, -0.1) is 0 Å². The van der Waals surface area contributed by atoms with Crippen LogP contribution >= 0.6 is 11.6 Å². The van der Waals surface area contributed by atoms with Crippen molar-refractivity contribution in [1.29, 1.82) is 0 Å². The lowest BCUT2D eigenvalue weighted by Gasteiger charge is -2.09. The van der Waals surface area contributed by atoms with Crippen molar-refractivity contribution >= 4 is 29.4 Å². The maximum absolute atomic E-state index is 11.9. The molecular weight excluding hydrogens is 346 g/mol. The summed E-state index contributed by atoms with van der Waals surface area (Å²) in [5.74, 6) is -0.500. The van der Waals surface area contributed by atoms with Gasteiger partial charge >= 0.3 is 6.03 Å². The monoisotopic (exact) mass is 361 g/mol. The standard InChI is InChI=1S/C17H16ClN3O4/c1-25-12-6-4-5-11(9-12)10-15(22)20-21-17(24)19-16(23)13-7-2-3-8-14(13)18/h2-9H,10H2,1H3,(H,20,22)(H2,19,21,23,24). The fraction of sp³-hybridized carbons (Fsp3) is 0.118. The number of benzene rings is 2. The smallest absolute Gasteiger partial charge is 0.340 e. The second kappa shape index (κ2) is 8.70. The van der Waals surface area contributed by atoms with Crippen molar-refractivity contribution in [2.24, 2.45) is 0 Å². The molecule has 25 heavy (non-hydrogen) atoms. The van der Waals surface area contributed by atoms with Crippen LogP contribution in [0.1, 0.15) is 15.9 Å². The van der Waals surface area contributed by atoms with E-state index in [-0.39, 0.29) is 17.0 Å². The van der Waals surface area contributed by atoms with Crippen molar-refractivity contribution in [2.75, 3.05) is 7.11 Å². The van der Waals surface area contributed by atoms with Gasteiger partial charge in [0.25, 0.3) is 5.91 Å². The van der Waals surface area contributed by atoms with Gasteiger partial charge in [-0.05, 0) is 29.8 Å². The Labute approximate surface area is 149 Å². The number of halogens is 1. The number of ether oxygens (including phenoxy) is 1. The zero-order valence-electron chi connectivity index (χ0n) is 13.3. The molecule has 0 heterocycles. The van der Waals surface area contributed by atoms with E-state index < -0.39 is 17.8 Å². The Morgan fingerprint density at radius 2 is 1.80 bits per heavy atom. The molecule has 0 saturated heterocycles. The molecule has 0 atom stereocenters. The third-order valence-electron chi connectivity index (χ3n) is 3.16. The van der Waals surface area contributed by atoms with Crippen LogP contribution in [0.3, 0.4) is 0 Å². The number of carbonyl (C=O) groups excluding carboxylic acids is 3. The molecule has 130 valence electrons. The summed E-state index contributed by atoms with van der Waals surface area (Å²) in [7, 11) is 1.53. The predicted molar refractivity (Wildman–Crippen MR) is 92.3 cm³/mol. The van der Waals surface area contributed by atoms with Crippen LogP contribution in [0.25, 0.3) is 0 Å². The first-order valence-corrected chi connectivity index (χ1v) is 7.65. The maximum atomic E-state index is 11.9. The molecule has 2 rings (SSSR count). The second-order valence-electron chi connectivity index (χ2n) is 4.96. The number of urea groups is 1. The summed E-state index contributed by atoms with van der Waals surface area (Å²) in [6, 6.07) is 12.4. The highest BCUT2D eigenvalue weighted by Crippen LogP contribution is 2.14. The molecule has 0 unspecified atom stereocenters. The molecule has 7 nitrogen and oxygen atoms in total. The van der Waals surface area contributed by atoms with Gasteiger partial charge in [-0.3, -0.25) is 20.3 Å². The highest BCUT2D eigenvalue weighted by Gasteiger charge is 2.13. The van der Waals surface area contributed by atoms with E-state index in [9.17, 15) is 14.4 Å². The van der Waals surface area contributed by atoms with E-state index in [4.69, 9.17) is 16.3 Å². The normalized spacial score (nSPS) is 9.84. The fourth-order valence-electron chi connectivity index (χ4n) is 1.99. The van der Waals surface area contributed by atoms with Crippen LogP contribution in [0, 0.1) is 0 Å². The van der Waals surface area contributed by atoms with E-state index in [1.54, 1.807) is 36.4 Å². The topological polar surface area (TPSA) is 96.5 Å². The molecule has 2 aromatic rings. The van der Waals surface area contributed by atoms with Gasteiger partial charge in [-0.2, -0.15) is 0 Å². The molecule has 0 spiro atoms. The van der Waals surface area contributed by atoms with Gasteiger partial charge in [-0.1, -0.05) is 35.9 Å². The molecule has 4 amide bonds. The van der Waals surface area contributed by atoms with Crippen molar-refractivity contribution in [2.45, 2.75) is 6.42 Å². The molecule has 0 bridgehead atoms. The lowest BCUT2D eigenvalue weighted by Crippen LogP contribution is -2.49. The third-order valence-corrected chi connectivity index (χ3v) is 3.49. The van der Waals surface area contributed by atoms with Gasteiger partial charge in [0.2, 0.25) is 5.91 Å². The van der Waals surface area contributed by atoms with Gasteiger partial charge < -0.3 is 4.74 Å². The van der Waals surface area contributed by atoms with Crippen LogP contribution < -0.4 is 20.9 Å². The van der Waals surface area contributed by atoms with Gasteiger partial charge in [0.05, 0.1) is 24.1 Å². The third kappa shape index (κ3) is 5.50. The Morgan fingerprint density at radius 1 is 1.04 bits per heavy atom. The summed E-state index contributed by atoms with van der Waals surface area (Å²) >= 11 is 5.87. The number of nitrogens with one attached hydrogen (secondary N) is 3. The van der Waals surface area contributed by atoms with Crippen LogP contribution in [-0.4, -0.2) is 25.0 Å². The number of rotatable bonds is 4. The number of amides is 4. The van der Waals surface area contributed by atoms with E-state index in [1.807, 2.05) is 0 Å². The average molecular weight is 362 g/mol. The minimum Gasteiger partial charge on any atom is -0.497 e. The Hall–Kier alpha value is -3.06. The Balaban J connectivity index is 1.82. The molecular formula is C17H16ClN3O4. The molecule has 2 aromatic carbocycles. The number of hydrogen-bond acceptors (Lipinski definition) is 4. The van der Waals surface area contributed by atoms with E-state index in [0.717, 1.165) is 0 Å². The fourth-order valence-corrected chi connectivity index (χ4v) is 2.21. The van der Waals surface area contributed by atoms with E-state index in [0.29, 0.717) is 11.3 Å². The highest BCUT2D eigenvalue weighted by molar-refractivity contribution is 6.34. The van der Waals surface area contributed by atoms with Gasteiger partial charge in [0, 0.05) is 0 Å². The lowest BCUT2D eigenvalue weighted by atomic mass is 10.1. The predicted octanol–water partition coefficient (Wildman–Crippen LogP) is 2.06. The summed E-state index contributed by atoms with van der Waals surface area (Å²) in [5.41, 5.74) is 5.19. The quantitative estimate of drug-likeness (QED) is 0.726. The number of imide groups is 1. The maximum Gasteiger partial charge on any atom is 0.340 e. The van der Waals surface area contributed by atoms with Crippen molar-refractivity contribution in [3.63, 3.8) is 0 Å². The zero-order chi connectivity index (χ0) is 18.2. The summed E-state index contributed by atoms with van der Waals surface area (Å²) in [6.07, 6.45) is 0.0376. The largest absolute Gasteiger partial charge is 0.497 e. The minimum absolute atomic E-state index is 0.0376. The lowest BCUT2D eigenvalue weighted by molar-refractivity contribution is -0.121. The zero-order valence-corrected chi connectivity index (χ0v) is 14.1. The Bertz CT molecular complexity index is 795. The van der Waals surface area contributed by atoms with Crippen LogP contribution in [0.5, 0.6) is 5.75 Å². The summed E-state index contributed by atoms with van der Waals surface area (Å²) < 4.78 is 5.07. The molecule has 0 saturated carbocycles. The van der Waals surface area contributed by atoms with E-state index in [1.165, 1.54) is 19.2 Å². The first-order valence-electron chi connectivity index (χ1n) is 7.27. The summed E-state index contributed by atoms with van der Waals surface area (Å²) in [6.45, 7) is 0. The van der Waals surface area contributed by atoms with Crippen molar-refractivity contribution in [3.8, 4) is 5.75 Å². The van der Waals surface area contributed by atoms with E-state index >= 15 is 0 Å². The number of methoxy groups -OCH3 is 1. The Kier molecular flexibility index (Phi) is 6.36. The van der Waals surface area contributed by atoms with Crippen LogP contribution in [0.2, 0.25) is 5.02 Å².